The lowest BCUT2D eigenvalue weighted by Gasteiger charge is -2.22. The van der Waals surface area contributed by atoms with Gasteiger partial charge in [-0.25, -0.2) is 0 Å². The first-order valence-electron chi connectivity index (χ1n) is 9.11. The number of rotatable bonds is 8. The van der Waals surface area contributed by atoms with Crippen LogP contribution in [0.5, 0.6) is 0 Å². The second kappa shape index (κ2) is 8.34. The third-order valence-corrected chi connectivity index (χ3v) is 4.76. The highest BCUT2D eigenvalue weighted by Crippen LogP contribution is 2.23. The van der Waals surface area contributed by atoms with Gasteiger partial charge in [0.25, 0.3) is 0 Å². The van der Waals surface area contributed by atoms with Crippen LogP contribution in [0.25, 0.3) is 11.5 Å². The Bertz CT molecular complexity index is 834. The van der Waals surface area contributed by atoms with Gasteiger partial charge >= 0.3 is 0 Å². The summed E-state index contributed by atoms with van der Waals surface area (Å²) >= 11 is 0. The lowest BCUT2D eigenvalue weighted by molar-refractivity contribution is 0.265. The molecule has 3 aromatic rings. The number of H-pyrrole nitrogens is 1. The molecule has 0 saturated heterocycles. The van der Waals surface area contributed by atoms with E-state index >= 15 is 0 Å². The maximum atomic E-state index is 5.71. The van der Waals surface area contributed by atoms with Crippen molar-refractivity contribution in [3.63, 3.8) is 0 Å². The number of aromatic amines is 1. The van der Waals surface area contributed by atoms with Crippen LogP contribution in [0.3, 0.4) is 0 Å². The summed E-state index contributed by atoms with van der Waals surface area (Å²) in [6.07, 6.45) is 1.86. The van der Waals surface area contributed by atoms with Crippen molar-refractivity contribution in [1.82, 2.24) is 20.4 Å². The SMILES string of the molecule is Cc1ccc(-c2[nH]ncc2CNCc2ccccc2CN(C)C(C)C)o1. The van der Waals surface area contributed by atoms with Crippen LogP contribution in [0.1, 0.15) is 36.3 Å². The fourth-order valence-corrected chi connectivity index (χ4v) is 2.89. The van der Waals surface area contributed by atoms with Crippen molar-refractivity contribution >= 4 is 0 Å². The van der Waals surface area contributed by atoms with Crippen molar-refractivity contribution < 1.29 is 4.42 Å². The van der Waals surface area contributed by atoms with E-state index in [1.165, 1.54) is 11.1 Å². The highest BCUT2D eigenvalue weighted by atomic mass is 16.3. The molecule has 0 spiro atoms. The van der Waals surface area contributed by atoms with Crippen molar-refractivity contribution in [2.75, 3.05) is 7.05 Å². The molecule has 0 fully saturated rings. The summed E-state index contributed by atoms with van der Waals surface area (Å²) in [6.45, 7) is 8.90. The Hall–Kier alpha value is -2.37. The average Bonchev–Trinajstić information content (AvgIpc) is 3.25. The number of nitrogens with one attached hydrogen (secondary N) is 2. The Morgan fingerprint density at radius 2 is 1.81 bits per heavy atom. The highest BCUT2D eigenvalue weighted by Gasteiger charge is 2.12. The lowest BCUT2D eigenvalue weighted by atomic mass is 10.1. The zero-order valence-corrected chi connectivity index (χ0v) is 16.0. The second-order valence-electron chi connectivity index (χ2n) is 7.06. The Morgan fingerprint density at radius 1 is 1.08 bits per heavy atom. The van der Waals surface area contributed by atoms with Crippen LogP contribution in [-0.4, -0.2) is 28.2 Å². The summed E-state index contributed by atoms with van der Waals surface area (Å²) in [5, 5.41) is 10.8. The Morgan fingerprint density at radius 3 is 2.50 bits per heavy atom. The number of hydrogen-bond donors (Lipinski definition) is 2. The first-order valence-corrected chi connectivity index (χ1v) is 9.11. The van der Waals surface area contributed by atoms with Crippen LogP contribution in [0.4, 0.5) is 0 Å². The van der Waals surface area contributed by atoms with Gasteiger partial charge in [-0.2, -0.15) is 5.10 Å². The fourth-order valence-electron chi connectivity index (χ4n) is 2.89. The summed E-state index contributed by atoms with van der Waals surface area (Å²) < 4.78 is 5.71. The molecule has 0 aliphatic rings. The van der Waals surface area contributed by atoms with E-state index in [1.54, 1.807) is 0 Å². The third kappa shape index (κ3) is 4.42. The Kier molecular flexibility index (Phi) is 5.91. The molecule has 2 aromatic heterocycles. The minimum atomic E-state index is 0.529. The fraction of sp³-hybridized carbons (Fsp3) is 0.381. The molecular formula is C21H28N4O. The van der Waals surface area contributed by atoms with Crippen molar-refractivity contribution in [2.45, 2.75) is 46.4 Å². The monoisotopic (exact) mass is 352 g/mol. The molecule has 0 amide bonds. The Labute approximate surface area is 155 Å². The molecule has 3 rings (SSSR count). The number of aromatic nitrogens is 2. The second-order valence-corrected chi connectivity index (χ2v) is 7.06. The predicted molar refractivity (Wildman–Crippen MR) is 105 cm³/mol. The van der Waals surface area contributed by atoms with Gasteiger partial charge in [0.15, 0.2) is 5.76 Å². The molecule has 0 atom stereocenters. The van der Waals surface area contributed by atoms with E-state index in [1.807, 2.05) is 25.3 Å². The number of hydrogen-bond acceptors (Lipinski definition) is 4. The van der Waals surface area contributed by atoms with E-state index in [9.17, 15) is 0 Å². The number of aryl methyl sites for hydroxylation is 1. The van der Waals surface area contributed by atoms with Gasteiger partial charge in [-0.1, -0.05) is 24.3 Å². The first-order chi connectivity index (χ1) is 12.5. The Balaban J connectivity index is 1.64. The van der Waals surface area contributed by atoms with Gasteiger partial charge < -0.3 is 9.73 Å². The van der Waals surface area contributed by atoms with E-state index < -0.39 is 0 Å². The van der Waals surface area contributed by atoms with E-state index in [0.717, 1.165) is 42.4 Å². The van der Waals surface area contributed by atoms with Gasteiger partial charge in [0.1, 0.15) is 11.5 Å². The molecule has 0 radical (unpaired) electrons. The largest absolute Gasteiger partial charge is 0.460 e. The number of benzene rings is 1. The molecule has 5 nitrogen and oxygen atoms in total. The topological polar surface area (TPSA) is 57.1 Å². The summed E-state index contributed by atoms with van der Waals surface area (Å²) in [7, 11) is 2.16. The minimum Gasteiger partial charge on any atom is -0.460 e. The molecule has 5 heteroatoms. The first kappa shape index (κ1) is 18.4. The molecular weight excluding hydrogens is 324 g/mol. The van der Waals surface area contributed by atoms with Crippen molar-refractivity contribution in [1.29, 1.82) is 0 Å². The van der Waals surface area contributed by atoms with Gasteiger partial charge in [0.2, 0.25) is 0 Å². The smallest absolute Gasteiger partial charge is 0.152 e. The summed E-state index contributed by atoms with van der Waals surface area (Å²) in [6, 6.07) is 13.1. The van der Waals surface area contributed by atoms with Gasteiger partial charge in [-0.3, -0.25) is 10.00 Å². The molecule has 0 aliphatic carbocycles. The van der Waals surface area contributed by atoms with E-state index in [4.69, 9.17) is 4.42 Å². The van der Waals surface area contributed by atoms with E-state index in [-0.39, 0.29) is 0 Å². The predicted octanol–water partition coefficient (Wildman–Crippen LogP) is 4.11. The average molecular weight is 352 g/mol. The van der Waals surface area contributed by atoms with Crippen molar-refractivity contribution in [3.05, 3.63) is 65.0 Å². The number of furan rings is 1. The van der Waals surface area contributed by atoms with Crippen LogP contribution >= 0.6 is 0 Å². The molecule has 0 bridgehead atoms. The maximum absolute atomic E-state index is 5.71. The zero-order valence-electron chi connectivity index (χ0n) is 16.0. The normalized spacial score (nSPS) is 11.6. The molecule has 1 aromatic carbocycles. The molecule has 2 heterocycles. The summed E-state index contributed by atoms with van der Waals surface area (Å²) in [5.41, 5.74) is 4.75. The number of nitrogens with zero attached hydrogens (tertiary/aromatic N) is 2. The maximum Gasteiger partial charge on any atom is 0.152 e. The van der Waals surface area contributed by atoms with Gasteiger partial charge in [-0.05, 0) is 51.1 Å². The summed E-state index contributed by atoms with van der Waals surface area (Å²) in [5.74, 6) is 1.73. The van der Waals surface area contributed by atoms with Gasteiger partial charge in [0, 0.05) is 31.2 Å². The minimum absolute atomic E-state index is 0.529. The van der Waals surface area contributed by atoms with Gasteiger partial charge in [-0.15, -0.1) is 0 Å². The highest BCUT2D eigenvalue weighted by molar-refractivity contribution is 5.56. The summed E-state index contributed by atoms with van der Waals surface area (Å²) in [4.78, 5) is 2.35. The molecule has 138 valence electrons. The van der Waals surface area contributed by atoms with E-state index in [0.29, 0.717) is 6.04 Å². The van der Waals surface area contributed by atoms with Gasteiger partial charge in [0.05, 0.1) is 6.20 Å². The van der Waals surface area contributed by atoms with Crippen LogP contribution in [0, 0.1) is 6.92 Å². The third-order valence-electron chi connectivity index (χ3n) is 4.76. The van der Waals surface area contributed by atoms with Crippen molar-refractivity contribution in [3.8, 4) is 11.5 Å². The molecule has 2 N–H and O–H groups in total. The zero-order chi connectivity index (χ0) is 18.5. The standard InChI is InChI=1S/C21H28N4O/c1-15(2)25(4)14-18-8-6-5-7-17(18)11-22-12-19-13-23-24-21(19)20-10-9-16(3)26-20/h5-10,13,15,22H,11-12,14H2,1-4H3,(H,23,24). The molecule has 0 unspecified atom stereocenters. The van der Waals surface area contributed by atoms with E-state index in [2.05, 4.69) is 65.6 Å². The van der Waals surface area contributed by atoms with Crippen LogP contribution in [0.2, 0.25) is 0 Å². The molecule has 0 saturated carbocycles. The van der Waals surface area contributed by atoms with Crippen LogP contribution in [0.15, 0.2) is 47.0 Å². The van der Waals surface area contributed by atoms with Crippen LogP contribution < -0.4 is 5.32 Å². The lowest BCUT2D eigenvalue weighted by Crippen LogP contribution is -2.26. The van der Waals surface area contributed by atoms with Crippen LogP contribution in [-0.2, 0) is 19.6 Å². The van der Waals surface area contributed by atoms with Crippen molar-refractivity contribution in [2.24, 2.45) is 0 Å². The molecule has 0 aliphatic heterocycles. The molecule has 26 heavy (non-hydrogen) atoms. The quantitative estimate of drug-likeness (QED) is 0.641.